The van der Waals surface area contributed by atoms with Gasteiger partial charge in [-0.2, -0.15) is 5.10 Å². The summed E-state index contributed by atoms with van der Waals surface area (Å²) in [5.74, 6) is -0.341. The average Bonchev–Trinajstić information content (AvgIpc) is 3.59. The molecule has 0 radical (unpaired) electrons. The number of rotatable bonds is 8. The van der Waals surface area contributed by atoms with Crippen LogP contribution < -0.4 is 20.7 Å². The number of amides is 3. The Bertz CT molecular complexity index is 1580. The summed E-state index contributed by atoms with van der Waals surface area (Å²) in [7, 11) is 1.59. The van der Waals surface area contributed by atoms with Crippen molar-refractivity contribution in [3.05, 3.63) is 71.7 Å². The monoisotopic (exact) mass is 706 g/mol. The summed E-state index contributed by atoms with van der Waals surface area (Å²) in [6, 6.07) is 13.6. The number of benzene rings is 2. The van der Waals surface area contributed by atoms with Gasteiger partial charge in [0.1, 0.15) is 11.6 Å². The van der Waals surface area contributed by atoms with Gasteiger partial charge in [-0.3, -0.25) is 24.4 Å². The lowest BCUT2D eigenvalue weighted by Crippen LogP contribution is -2.53. The van der Waals surface area contributed by atoms with E-state index in [0.717, 1.165) is 16.8 Å². The molecule has 51 heavy (non-hydrogen) atoms. The number of hydrogen-bond donors (Lipinski definition) is 5. The average molecular weight is 707 g/mol. The van der Waals surface area contributed by atoms with Gasteiger partial charge >= 0.3 is 0 Å². The van der Waals surface area contributed by atoms with E-state index in [4.69, 9.17) is 9.47 Å². The summed E-state index contributed by atoms with van der Waals surface area (Å²) in [6.45, 7) is 2.51. The van der Waals surface area contributed by atoms with Crippen LogP contribution in [0.5, 0.6) is 5.75 Å². The summed E-state index contributed by atoms with van der Waals surface area (Å²) in [5.41, 5.74) is 2.20. The first-order valence-electron chi connectivity index (χ1n) is 18.0. The predicted molar refractivity (Wildman–Crippen MR) is 190 cm³/mol. The SMILES string of the molecule is COCCC1(C(=O)NC2CCC(O)CC2)CNC(=O)CCCN(Cc2cn[nH]c2-c2cccc(F)c2)CCCNC(=O)COc2ccc(cc2)C1. The molecule has 2 aromatic carbocycles. The molecule has 13 heteroatoms. The zero-order valence-corrected chi connectivity index (χ0v) is 29.4. The van der Waals surface area contributed by atoms with Gasteiger partial charge in [0.2, 0.25) is 11.8 Å². The van der Waals surface area contributed by atoms with Crippen molar-refractivity contribution >= 4 is 17.7 Å². The second kappa shape index (κ2) is 18.8. The molecule has 3 aromatic rings. The second-order valence-corrected chi connectivity index (χ2v) is 13.8. The lowest BCUT2D eigenvalue weighted by atomic mass is 9.77. The minimum Gasteiger partial charge on any atom is -0.484 e. The topological polar surface area (TPSA) is 158 Å². The van der Waals surface area contributed by atoms with Crippen LogP contribution in [0, 0.1) is 11.2 Å². The van der Waals surface area contributed by atoms with Crippen LogP contribution in [0.4, 0.5) is 4.39 Å². The molecule has 276 valence electrons. The molecular weight excluding hydrogens is 655 g/mol. The quantitative estimate of drug-likeness (QED) is 0.238. The largest absolute Gasteiger partial charge is 0.484 e. The number of carbonyl (C=O) groups is 3. The van der Waals surface area contributed by atoms with E-state index in [1.807, 2.05) is 18.2 Å². The maximum absolute atomic E-state index is 14.2. The van der Waals surface area contributed by atoms with Crippen LogP contribution in [0.2, 0.25) is 0 Å². The van der Waals surface area contributed by atoms with Crippen molar-refractivity contribution in [2.45, 2.75) is 76.5 Å². The lowest BCUT2D eigenvalue weighted by molar-refractivity contribution is -0.134. The number of aliphatic hydroxyl groups is 1. The van der Waals surface area contributed by atoms with E-state index in [2.05, 4.69) is 31.0 Å². The third-order valence-corrected chi connectivity index (χ3v) is 9.83. The minimum absolute atomic E-state index is 0.0540. The van der Waals surface area contributed by atoms with Gasteiger partial charge in [0.15, 0.2) is 6.61 Å². The van der Waals surface area contributed by atoms with E-state index < -0.39 is 5.41 Å². The van der Waals surface area contributed by atoms with Gasteiger partial charge in [-0.15, -0.1) is 0 Å². The molecular formula is C38H51FN6O6. The third kappa shape index (κ3) is 11.3. The predicted octanol–water partition coefficient (Wildman–Crippen LogP) is 3.50. The van der Waals surface area contributed by atoms with E-state index in [-0.39, 0.29) is 55.3 Å². The van der Waals surface area contributed by atoms with E-state index in [1.54, 1.807) is 31.5 Å². The van der Waals surface area contributed by atoms with Gasteiger partial charge in [0, 0.05) is 63.5 Å². The summed E-state index contributed by atoms with van der Waals surface area (Å²) >= 11 is 0. The molecule has 3 amide bonds. The Morgan fingerprint density at radius 3 is 2.63 bits per heavy atom. The van der Waals surface area contributed by atoms with Gasteiger partial charge in [0.25, 0.3) is 5.91 Å². The van der Waals surface area contributed by atoms with E-state index in [9.17, 15) is 23.9 Å². The van der Waals surface area contributed by atoms with Crippen molar-refractivity contribution in [3.63, 3.8) is 0 Å². The number of aromatic amines is 1. The molecule has 5 N–H and O–H groups in total. The molecule has 1 atom stereocenters. The lowest BCUT2D eigenvalue weighted by Gasteiger charge is -2.36. The molecule has 0 spiro atoms. The van der Waals surface area contributed by atoms with Gasteiger partial charge in [0.05, 0.1) is 23.4 Å². The molecule has 2 bridgehead atoms. The first kappa shape index (κ1) is 37.9. The Morgan fingerprint density at radius 2 is 1.86 bits per heavy atom. The number of H-pyrrole nitrogens is 1. The number of aliphatic hydroxyl groups excluding tert-OH is 1. The summed E-state index contributed by atoms with van der Waals surface area (Å²) in [5, 5.41) is 26.5. The fourth-order valence-corrected chi connectivity index (χ4v) is 6.85. The first-order chi connectivity index (χ1) is 24.7. The minimum atomic E-state index is -0.995. The van der Waals surface area contributed by atoms with Crippen LogP contribution in [-0.2, 0) is 32.1 Å². The zero-order valence-electron chi connectivity index (χ0n) is 29.4. The van der Waals surface area contributed by atoms with Crippen molar-refractivity contribution in [1.82, 2.24) is 31.0 Å². The molecule has 6 rings (SSSR count). The van der Waals surface area contributed by atoms with Gasteiger partial charge in [-0.25, -0.2) is 4.39 Å². The van der Waals surface area contributed by atoms with Crippen molar-refractivity contribution in [3.8, 4) is 17.0 Å². The fraction of sp³-hybridized carbons (Fsp3) is 0.526. The number of aromatic nitrogens is 2. The number of ether oxygens (including phenoxy) is 2. The Labute approximate surface area is 298 Å². The number of fused-ring (bicyclic) bond motifs is 17. The number of hydrogen-bond acceptors (Lipinski definition) is 8. The Kier molecular flexibility index (Phi) is 14.0. The van der Waals surface area contributed by atoms with Crippen molar-refractivity contribution in [1.29, 1.82) is 0 Å². The highest BCUT2D eigenvalue weighted by Crippen LogP contribution is 2.31. The van der Waals surface area contributed by atoms with Crippen LogP contribution >= 0.6 is 0 Å². The normalized spacial score (nSPS) is 23.1. The molecule has 1 fully saturated rings. The van der Waals surface area contributed by atoms with E-state index in [0.29, 0.717) is 95.5 Å². The standard InChI is InChI=1S/C38H51FN6O6/c1-50-20-16-38(37(49)43-31-10-12-32(46)13-11-31)22-27-8-14-33(15-9-27)51-25-35(48)40-17-4-19-45(18-3-7-34(47)41-26-38)24-29-23-42-44-36(29)28-5-2-6-30(39)21-28/h2,5-6,8-9,14-15,21,23,31-32,46H,3-4,7,10-13,16-20,22,24-26H2,1H3,(H,40,48)(H,41,47)(H,42,44)(H,43,49). The summed E-state index contributed by atoms with van der Waals surface area (Å²) in [6.07, 6.45) is 6.25. The molecule has 1 saturated carbocycles. The molecule has 1 unspecified atom stereocenters. The number of carbonyl (C=O) groups excluding carboxylic acids is 3. The highest BCUT2D eigenvalue weighted by atomic mass is 19.1. The maximum atomic E-state index is 14.2. The van der Waals surface area contributed by atoms with Crippen molar-refractivity contribution in [2.24, 2.45) is 5.41 Å². The molecule has 2 aliphatic heterocycles. The number of halogens is 1. The maximum Gasteiger partial charge on any atom is 0.257 e. The number of methoxy groups -OCH3 is 1. The summed E-state index contributed by atoms with van der Waals surface area (Å²) < 4.78 is 25.2. The van der Waals surface area contributed by atoms with Crippen LogP contribution in [0.15, 0.2) is 54.7 Å². The highest BCUT2D eigenvalue weighted by Gasteiger charge is 2.40. The van der Waals surface area contributed by atoms with Crippen molar-refractivity contribution < 1.29 is 33.4 Å². The van der Waals surface area contributed by atoms with Gasteiger partial charge in [-0.1, -0.05) is 24.3 Å². The van der Waals surface area contributed by atoms with Crippen LogP contribution in [0.3, 0.4) is 0 Å². The second-order valence-electron chi connectivity index (χ2n) is 13.8. The van der Waals surface area contributed by atoms with E-state index in [1.165, 1.54) is 12.1 Å². The molecule has 3 aliphatic rings. The molecule has 0 saturated heterocycles. The van der Waals surface area contributed by atoms with Gasteiger partial charge in [-0.05, 0) is 87.7 Å². The van der Waals surface area contributed by atoms with Crippen LogP contribution in [0.25, 0.3) is 11.3 Å². The molecule has 3 heterocycles. The smallest absolute Gasteiger partial charge is 0.257 e. The Morgan fingerprint density at radius 1 is 1.08 bits per heavy atom. The van der Waals surface area contributed by atoms with Crippen molar-refractivity contribution in [2.75, 3.05) is 46.5 Å². The summed E-state index contributed by atoms with van der Waals surface area (Å²) in [4.78, 5) is 42.4. The first-order valence-corrected chi connectivity index (χ1v) is 18.0. The Balaban J connectivity index is 1.33. The molecule has 12 nitrogen and oxygen atoms in total. The van der Waals surface area contributed by atoms with Crippen LogP contribution in [0.1, 0.15) is 62.5 Å². The number of nitrogens with zero attached hydrogens (tertiary/aromatic N) is 2. The Hall–Kier alpha value is -4.33. The zero-order chi connectivity index (χ0) is 36.1. The number of nitrogens with one attached hydrogen (secondary N) is 4. The molecule has 1 aliphatic carbocycles. The molecule has 1 aromatic heterocycles. The fourth-order valence-electron chi connectivity index (χ4n) is 6.85. The van der Waals surface area contributed by atoms with Crippen LogP contribution in [-0.4, -0.2) is 96.6 Å². The van der Waals surface area contributed by atoms with E-state index >= 15 is 0 Å². The third-order valence-electron chi connectivity index (χ3n) is 9.83. The van der Waals surface area contributed by atoms with Gasteiger partial charge < -0.3 is 30.5 Å². The highest BCUT2D eigenvalue weighted by molar-refractivity contribution is 5.85.